The molecule has 3 atom stereocenters. The van der Waals surface area contributed by atoms with Crippen LogP contribution in [0, 0.1) is 0 Å². The summed E-state index contributed by atoms with van der Waals surface area (Å²) in [7, 11) is 0. The number of ether oxygens (including phenoxy) is 1. The Hall–Kier alpha value is -2.80. The first kappa shape index (κ1) is 22.4. The van der Waals surface area contributed by atoms with Crippen molar-refractivity contribution in [1.29, 1.82) is 0 Å². The van der Waals surface area contributed by atoms with Gasteiger partial charge in [0.05, 0.1) is 18.7 Å². The van der Waals surface area contributed by atoms with Crippen LogP contribution in [0.2, 0.25) is 0 Å². The SMILES string of the molecule is C=CCOCC(C)(O)N1C(C)CN(c2nc(-c3ccccc3)nc3ccccc23)CC1C. The molecule has 3 unspecified atom stereocenters. The number of aliphatic hydroxyl groups is 1. The molecule has 0 aliphatic carbocycles. The highest BCUT2D eigenvalue weighted by Crippen LogP contribution is 2.32. The Morgan fingerprint density at radius 2 is 1.72 bits per heavy atom. The molecule has 1 N–H and O–H groups in total. The lowest BCUT2D eigenvalue weighted by molar-refractivity contribution is -0.168. The van der Waals surface area contributed by atoms with E-state index < -0.39 is 5.72 Å². The molecular weight excluding hydrogens is 400 g/mol. The summed E-state index contributed by atoms with van der Waals surface area (Å²) in [6, 6.07) is 18.5. The molecule has 2 heterocycles. The highest BCUT2D eigenvalue weighted by atomic mass is 16.5. The molecule has 0 radical (unpaired) electrons. The molecule has 6 heteroatoms. The summed E-state index contributed by atoms with van der Waals surface area (Å²) in [6.07, 6.45) is 1.70. The largest absolute Gasteiger partial charge is 0.373 e. The number of fused-ring (bicyclic) bond motifs is 1. The van der Waals surface area contributed by atoms with Crippen LogP contribution in [-0.4, -0.2) is 64.1 Å². The second-order valence-electron chi connectivity index (χ2n) is 8.79. The summed E-state index contributed by atoms with van der Waals surface area (Å²) in [5, 5.41) is 12.2. The second kappa shape index (κ2) is 9.36. The zero-order valence-electron chi connectivity index (χ0n) is 19.1. The third-order valence-electron chi connectivity index (χ3n) is 6.00. The van der Waals surface area contributed by atoms with E-state index in [1.54, 1.807) is 6.08 Å². The van der Waals surface area contributed by atoms with Crippen LogP contribution in [0.25, 0.3) is 22.3 Å². The first-order valence-electron chi connectivity index (χ1n) is 11.2. The zero-order chi connectivity index (χ0) is 22.7. The molecule has 1 saturated heterocycles. The van der Waals surface area contributed by atoms with E-state index in [0.29, 0.717) is 6.61 Å². The monoisotopic (exact) mass is 432 g/mol. The lowest BCUT2D eigenvalue weighted by Crippen LogP contribution is -2.65. The van der Waals surface area contributed by atoms with Gasteiger partial charge in [0, 0.05) is 36.1 Å². The summed E-state index contributed by atoms with van der Waals surface area (Å²) in [5.74, 6) is 1.67. The number of aromatic nitrogens is 2. The van der Waals surface area contributed by atoms with E-state index in [1.807, 2.05) is 55.5 Å². The van der Waals surface area contributed by atoms with Crippen LogP contribution in [0.4, 0.5) is 5.82 Å². The lowest BCUT2D eigenvalue weighted by Gasteiger charge is -2.51. The highest BCUT2D eigenvalue weighted by Gasteiger charge is 2.41. The Morgan fingerprint density at radius 3 is 2.41 bits per heavy atom. The molecule has 1 fully saturated rings. The maximum absolute atomic E-state index is 11.2. The van der Waals surface area contributed by atoms with Crippen molar-refractivity contribution in [2.45, 2.75) is 38.6 Å². The molecular formula is C26H32N4O2. The third kappa shape index (κ3) is 4.53. The summed E-state index contributed by atoms with van der Waals surface area (Å²) in [4.78, 5) is 14.3. The van der Waals surface area contributed by atoms with Crippen LogP contribution in [0.15, 0.2) is 67.3 Å². The molecule has 168 valence electrons. The number of piperazine rings is 1. The number of hydrogen-bond donors (Lipinski definition) is 1. The van der Waals surface area contributed by atoms with E-state index in [4.69, 9.17) is 14.7 Å². The third-order valence-corrected chi connectivity index (χ3v) is 6.00. The van der Waals surface area contributed by atoms with Crippen molar-refractivity contribution < 1.29 is 9.84 Å². The van der Waals surface area contributed by atoms with Gasteiger partial charge in [0.1, 0.15) is 11.5 Å². The Balaban J connectivity index is 1.66. The minimum atomic E-state index is -1.06. The number of nitrogens with zero attached hydrogens (tertiary/aromatic N) is 4. The van der Waals surface area contributed by atoms with Crippen LogP contribution < -0.4 is 4.90 Å². The van der Waals surface area contributed by atoms with Gasteiger partial charge in [-0.25, -0.2) is 9.97 Å². The van der Waals surface area contributed by atoms with Crippen molar-refractivity contribution in [3.05, 3.63) is 67.3 Å². The molecule has 0 amide bonds. The van der Waals surface area contributed by atoms with Gasteiger partial charge >= 0.3 is 0 Å². The molecule has 0 saturated carbocycles. The quantitative estimate of drug-likeness (QED) is 0.448. The van der Waals surface area contributed by atoms with E-state index in [1.165, 1.54) is 0 Å². The van der Waals surface area contributed by atoms with Gasteiger partial charge in [-0.2, -0.15) is 0 Å². The normalized spacial score (nSPS) is 21.4. The molecule has 4 rings (SSSR count). The average molecular weight is 433 g/mol. The molecule has 3 aromatic rings. The summed E-state index contributed by atoms with van der Waals surface area (Å²) in [5.41, 5.74) is 0.877. The van der Waals surface area contributed by atoms with Crippen molar-refractivity contribution >= 4 is 16.7 Å². The van der Waals surface area contributed by atoms with Crippen molar-refractivity contribution in [3.63, 3.8) is 0 Å². The highest BCUT2D eigenvalue weighted by molar-refractivity contribution is 5.91. The fraction of sp³-hybridized carbons (Fsp3) is 0.385. The zero-order valence-corrected chi connectivity index (χ0v) is 19.1. The molecule has 2 aromatic carbocycles. The number of anilines is 1. The van der Waals surface area contributed by atoms with Crippen molar-refractivity contribution in [1.82, 2.24) is 14.9 Å². The molecule has 32 heavy (non-hydrogen) atoms. The summed E-state index contributed by atoms with van der Waals surface area (Å²) >= 11 is 0. The van der Waals surface area contributed by atoms with Gasteiger partial charge < -0.3 is 14.7 Å². The van der Waals surface area contributed by atoms with Gasteiger partial charge in [0.15, 0.2) is 5.82 Å². The van der Waals surface area contributed by atoms with Crippen molar-refractivity contribution in [3.8, 4) is 11.4 Å². The standard InChI is InChI=1S/C26H32N4O2/c1-5-15-32-18-26(4,31)30-19(2)16-29(17-20(30)3)25-22-13-9-10-14-23(22)27-24(28-25)21-11-7-6-8-12-21/h5-14,19-20,31H,1,15-18H2,2-4H3. The lowest BCUT2D eigenvalue weighted by atomic mass is 10.0. The number of benzene rings is 2. The predicted octanol–water partition coefficient (Wildman–Crippen LogP) is 4.11. The molecule has 1 aliphatic heterocycles. The van der Waals surface area contributed by atoms with E-state index in [0.717, 1.165) is 41.2 Å². The molecule has 0 spiro atoms. The average Bonchev–Trinajstić information content (AvgIpc) is 2.78. The van der Waals surface area contributed by atoms with Crippen molar-refractivity contribution in [2.75, 3.05) is 31.2 Å². The summed E-state index contributed by atoms with van der Waals surface area (Å²) in [6.45, 7) is 12.0. The number of rotatable bonds is 7. The first-order chi connectivity index (χ1) is 15.4. The fourth-order valence-corrected chi connectivity index (χ4v) is 4.87. The van der Waals surface area contributed by atoms with Gasteiger partial charge in [-0.1, -0.05) is 48.5 Å². The van der Waals surface area contributed by atoms with E-state index in [2.05, 4.69) is 36.3 Å². The predicted molar refractivity (Wildman–Crippen MR) is 130 cm³/mol. The Bertz CT molecular complexity index is 1060. The van der Waals surface area contributed by atoms with Crippen LogP contribution >= 0.6 is 0 Å². The van der Waals surface area contributed by atoms with E-state index >= 15 is 0 Å². The van der Waals surface area contributed by atoms with Crippen LogP contribution in [0.3, 0.4) is 0 Å². The fourth-order valence-electron chi connectivity index (χ4n) is 4.87. The Morgan fingerprint density at radius 1 is 1.06 bits per heavy atom. The maximum atomic E-state index is 11.2. The molecule has 6 nitrogen and oxygen atoms in total. The molecule has 1 aromatic heterocycles. The minimum Gasteiger partial charge on any atom is -0.373 e. The van der Waals surface area contributed by atoms with Gasteiger partial charge in [-0.3, -0.25) is 4.90 Å². The van der Waals surface area contributed by atoms with Crippen LogP contribution in [0.1, 0.15) is 20.8 Å². The first-order valence-corrected chi connectivity index (χ1v) is 11.2. The minimum absolute atomic E-state index is 0.106. The Labute approximate surface area is 190 Å². The molecule has 0 bridgehead atoms. The van der Waals surface area contributed by atoms with Gasteiger partial charge in [-0.05, 0) is 32.9 Å². The van der Waals surface area contributed by atoms with E-state index in [-0.39, 0.29) is 18.7 Å². The topological polar surface area (TPSA) is 61.7 Å². The van der Waals surface area contributed by atoms with Crippen LogP contribution in [0.5, 0.6) is 0 Å². The number of para-hydroxylation sites is 1. The van der Waals surface area contributed by atoms with Gasteiger partial charge in [0.25, 0.3) is 0 Å². The van der Waals surface area contributed by atoms with Gasteiger partial charge in [-0.15, -0.1) is 6.58 Å². The summed E-state index contributed by atoms with van der Waals surface area (Å²) < 4.78 is 5.59. The van der Waals surface area contributed by atoms with Crippen LogP contribution in [-0.2, 0) is 4.74 Å². The maximum Gasteiger partial charge on any atom is 0.162 e. The van der Waals surface area contributed by atoms with Crippen molar-refractivity contribution in [2.24, 2.45) is 0 Å². The van der Waals surface area contributed by atoms with Gasteiger partial charge in [0.2, 0.25) is 0 Å². The molecule has 1 aliphatic rings. The smallest absolute Gasteiger partial charge is 0.162 e. The Kier molecular flexibility index (Phi) is 6.55. The number of hydrogen-bond acceptors (Lipinski definition) is 6. The second-order valence-corrected chi connectivity index (χ2v) is 8.79. The van der Waals surface area contributed by atoms with E-state index in [9.17, 15) is 5.11 Å².